The van der Waals surface area contributed by atoms with Crippen LogP contribution in [0.25, 0.3) is 0 Å². The van der Waals surface area contributed by atoms with Crippen molar-refractivity contribution in [2.75, 3.05) is 13.0 Å². The lowest BCUT2D eigenvalue weighted by molar-refractivity contribution is 0.144. The molecule has 0 aliphatic carbocycles. The van der Waals surface area contributed by atoms with Crippen LogP contribution in [0.1, 0.15) is 5.56 Å². The molecule has 1 aromatic rings. The Morgan fingerprint density at radius 2 is 2.11 bits per heavy atom. The van der Waals surface area contributed by atoms with Gasteiger partial charge in [-0.15, -0.1) is 11.6 Å². The van der Waals surface area contributed by atoms with Crippen LogP contribution in [-0.4, -0.2) is 41.2 Å². The number of alkyl halides is 1. The number of ether oxygens (including phenoxy) is 1. The Balaban J connectivity index is 2.89. The third-order valence-electron chi connectivity index (χ3n) is 2.34. The third-order valence-corrected chi connectivity index (χ3v) is 3.15. The molecule has 6 heteroatoms. The van der Waals surface area contributed by atoms with Gasteiger partial charge in [0.05, 0.1) is 25.1 Å². The van der Waals surface area contributed by atoms with E-state index in [0.717, 1.165) is 5.56 Å². The van der Waals surface area contributed by atoms with Crippen molar-refractivity contribution in [3.8, 4) is 0 Å². The van der Waals surface area contributed by atoms with Crippen molar-refractivity contribution < 1.29 is 14.6 Å². The van der Waals surface area contributed by atoms with E-state index in [4.69, 9.17) is 23.8 Å². The SMILES string of the molecule is COC(=O)NC(C(=S)c1ccccc1)C(O)CCl. The van der Waals surface area contributed by atoms with Crippen LogP contribution in [0.15, 0.2) is 30.3 Å². The third kappa shape index (κ3) is 3.94. The quantitative estimate of drug-likeness (QED) is 0.492. The number of nitrogens with one attached hydrogen (secondary N) is 1. The van der Waals surface area contributed by atoms with E-state index in [-0.39, 0.29) is 5.88 Å². The zero-order valence-electron chi connectivity index (χ0n) is 9.80. The number of hydrogen-bond donors (Lipinski definition) is 2. The van der Waals surface area contributed by atoms with Gasteiger partial charge in [-0.2, -0.15) is 0 Å². The van der Waals surface area contributed by atoms with Crippen LogP contribution >= 0.6 is 23.8 Å². The molecule has 1 aromatic carbocycles. The fourth-order valence-corrected chi connectivity index (χ4v) is 1.92. The Kier molecular flexibility index (Phi) is 6.04. The van der Waals surface area contributed by atoms with Crippen LogP contribution in [0.2, 0.25) is 0 Å². The molecule has 0 radical (unpaired) electrons. The summed E-state index contributed by atoms with van der Waals surface area (Å²) in [5.74, 6) is -0.0400. The fraction of sp³-hybridized carbons (Fsp3) is 0.333. The van der Waals surface area contributed by atoms with Crippen molar-refractivity contribution in [2.24, 2.45) is 0 Å². The molecule has 0 aliphatic rings. The van der Waals surface area contributed by atoms with Crippen LogP contribution in [0, 0.1) is 0 Å². The summed E-state index contributed by atoms with van der Waals surface area (Å²) in [6.45, 7) is 0. The monoisotopic (exact) mass is 287 g/mol. The molecule has 0 aromatic heterocycles. The van der Waals surface area contributed by atoms with Crippen molar-refractivity contribution in [1.82, 2.24) is 5.32 Å². The van der Waals surface area contributed by atoms with Crippen LogP contribution in [0.5, 0.6) is 0 Å². The smallest absolute Gasteiger partial charge is 0.407 e. The minimum atomic E-state index is -0.974. The highest BCUT2D eigenvalue weighted by molar-refractivity contribution is 7.81. The number of aliphatic hydroxyl groups is 1. The number of hydrogen-bond acceptors (Lipinski definition) is 4. The molecule has 0 bridgehead atoms. The minimum absolute atomic E-state index is 0.0400. The van der Waals surface area contributed by atoms with Crippen molar-refractivity contribution >= 4 is 34.8 Å². The molecule has 2 N–H and O–H groups in total. The molecule has 0 heterocycles. The first-order chi connectivity index (χ1) is 8.60. The largest absolute Gasteiger partial charge is 0.453 e. The molecule has 2 unspecified atom stereocenters. The second kappa shape index (κ2) is 7.31. The van der Waals surface area contributed by atoms with Gasteiger partial charge in [0, 0.05) is 4.86 Å². The molecule has 0 saturated heterocycles. The van der Waals surface area contributed by atoms with E-state index in [1.165, 1.54) is 7.11 Å². The van der Waals surface area contributed by atoms with Gasteiger partial charge < -0.3 is 15.2 Å². The van der Waals surface area contributed by atoms with E-state index < -0.39 is 18.2 Å². The summed E-state index contributed by atoms with van der Waals surface area (Å²) in [6, 6.07) is 8.35. The second-order valence-electron chi connectivity index (χ2n) is 3.57. The van der Waals surface area contributed by atoms with Gasteiger partial charge >= 0.3 is 6.09 Å². The van der Waals surface area contributed by atoms with Crippen LogP contribution < -0.4 is 5.32 Å². The van der Waals surface area contributed by atoms with E-state index in [1.54, 1.807) is 12.1 Å². The fourth-order valence-electron chi connectivity index (χ4n) is 1.39. The van der Waals surface area contributed by atoms with Gasteiger partial charge in [0.2, 0.25) is 0 Å². The lowest BCUT2D eigenvalue weighted by Crippen LogP contribution is -2.49. The number of methoxy groups -OCH3 is 1. The number of carbonyl (C=O) groups excluding carboxylic acids is 1. The van der Waals surface area contributed by atoms with Gasteiger partial charge in [-0.25, -0.2) is 4.79 Å². The molecule has 0 spiro atoms. The number of halogens is 1. The maximum absolute atomic E-state index is 11.2. The van der Waals surface area contributed by atoms with E-state index in [0.29, 0.717) is 4.86 Å². The van der Waals surface area contributed by atoms with Gasteiger partial charge in [0.25, 0.3) is 0 Å². The summed E-state index contributed by atoms with van der Waals surface area (Å²) in [5.41, 5.74) is 0.748. The van der Waals surface area contributed by atoms with E-state index in [9.17, 15) is 9.90 Å². The number of alkyl carbamates (subject to hydrolysis) is 1. The first kappa shape index (κ1) is 14.9. The van der Waals surface area contributed by atoms with Crippen molar-refractivity contribution in [2.45, 2.75) is 12.1 Å². The maximum atomic E-state index is 11.2. The first-order valence-electron chi connectivity index (χ1n) is 5.28. The summed E-state index contributed by atoms with van der Waals surface area (Å²) in [4.78, 5) is 11.6. The standard InChI is InChI=1S/C12H14ClNO3S/c1-17-12(16)14-10(9(15)7-13)11(18)8-5-3-2-4-6-8/h2-6,9-10,15H,7H2,1H3,(H,14,16). The molecule has 0 saturated carbocycles. The van der Waals surface area contributed by atoms with Crippen LogP contribution in [0.4, 0.5) is 4.79 Å². The van der Waals surface area contributed by atoms with Gasteiger partial charge in [-0.3, -0.25) is 0 Å². The Bertz CT molecular complexity index is 413. The Morgan fingerprint density at radius 1 is 1.50 bits per heavy atom. The van der Waals surface area contributed by atoms with Crippen molar-refractivity contribution in [3.63, 3.8) is 0 Å². The average Bonchev–Trinajstić information content (AvgIpc) is 2.43. The topological polar surface area (TPSA) is 58.6 Å². The first-order valence-corrected chi connectivity index (χ1v) is 6.22. The zero-order chi connectivity index (χ0) is 13.5. The molecule has 4 nitrogen and oxygen atoms in total. The maximum Gasteiger partial charge on any atom is 0.407 e. The van der Waals surface area contributed by atoms with Gasteiger partial charge in [-0.1, -0.05) is 42.5 Å². The Hall–Kier alpha value is -1.17. The number of thiocarbonyl (C=S) groups is 1. The molecular formula is C12H14ClNO3S. The predicted octanol–water partition coefficient (Wildman–Crippen LogP) is 1.73. The molecular weight excluding hydrogens is 274 g/mol. The number of benzene rings is 1. The van der Waals surface area contributed by atoms with E-state index >= 15 is 0 Å². The average molecular weight is 288 g/mol. The molecule has 18 heavy (non-hydrogen) atoms. The summed E-state index contributed by atoms with van der Waals surface area (Å²) in [5, 5.41) is 12.3. The molecule has 1 amide bonds. The lowest BCUT2D eigenvalue weighted by Gasteiger charge is -2.23. The summed E-state index contributed by atoms with van der Waals surface area (Å²) in [6.07, 6.45) is -1.64. The van der Waals surface area contributed by atoms with E-state index in [2.05, 4.69) is 10.1 Å². The number of carbonyl (C=O) groups is 1. The van der Waals surface area contributed by atoms with E-state index in [1.807, 2.05) is 18.2 Å². The zero-order valence-corrected chi connectivity index (χ0v) is 11.4. The summed E-state index contributed by atoms with van der Waals surface area (Å²) in [7, 11) is 1.24. The van der Waals surface area contributed by atoms with Gasteiger partial charge in [0.15, 0.2) is 0 Å². The van der Waals surface area contributed by atoms with Gasteiger partial charge in [-0.05, 0) is 5.56 Å². The highest BCUT2D eigenvalue weighted by Gasteiger charge is 2.26. The van der Waals surface area contributed by atoms with Crippen molar-refractivity contribution in [1.29, 1.82) is 0 Å². The number of rotatable bonds is 5. The van der Waals surface area contributed by atoms with Gasteiger partial charge in [0.1, 0.15) is 0 Å². The predicted molar refractivity (Wildman–Crippen MR) is 74.2 cm³/mol. The summed E-state index contributed by atoms with van der Waals surface area (Å²) < 4.78 is 4.50. The molecule has 98 valence electrons. The normalized spacial score (nSPS) is 13.5. The summed E-state index contributed by atoms with van der Waals surface area (Å²) >= 11 is 10.9. The number of amides is 1. The number of aliphatic hydroxyl groups excluding tert-OH is 1. The highest BCUT2D eigenvalue weighted by atomic mass is 35.5. The molecule has 0 fully saturated rings. The van der Waals surface area contributed by atoms with Crippen molar-refractivity contribution in [3.05, 3.63) is 35.9 Å². The molecule has 2 atom stereocenters. The Morgan fingerprint density at radius 3 is 2.61 bits per heavy atom. The lowest BCUT2D eigenvalue weighted by atomic mass is 10.0. The molecule has 1 rings (SSSR count). The van der Waals surface area contributed by atoms with Crippen LogP contribution in [-0.2, 0) is 4.74 Å². The molecule has 0 aliphatic heterocycles. The highest BCUT2D eigenvalue weighted by Crippen LogP contribution is 2.09. The second-order valence-corrected chi connectivity index (χ2v) is 4.31. The van der Waals surface area contributed by atoms with Crippen LogP contribution in [0.3, 0.4) is 0 Å². The Labute approximate surface area is 116 Å². The minimum Gasteiger partial charge on any atom is -0.453 e.